The van der Waals surface area contributed by atoms with Crippen molar-refractivity contribution in [2.45, 2.75) is 25.4 Å². The third-order valence-electron chi connectivity index (χ3n) is 5.40. The summed E-state index contributed by atoms with van der Waals surface area (Å²) in [6.45, 7) is 2.99. The summed E-state index contributed by atoms with van der Waals surface area (Å²) < 4.78 is 17.0. The van der Waals surface area contributed by atoms with Crippen molar-refractivity contribution < 1.29 is 36.0 Å². The Balaban J connectivity index is 0.00000272. The van der Waals surface area contributed by atoms with Gasteiger partial charge in [0.2, 0.25) is 0 Å². The molecule has 1 saturated heterocycles. The fourth-order valence-corrected chi connectivity index (χ4v) is 3.89. The number of carbonyl (C=O) groups is 1. The van der Waals surface area contributed by atoms with E-state index < -0.39 is 11.7 Å². The quantitative estimate of drug-likeness (QED) is 0.393. The third-order valence-corrected chi connectivity index (χ3v) is 5.40. The van der Waals surface area contributed by atoms with Crippen LogP contribution in [0.2, 0.25) is 0 Å². The Morgan fingerprint density at radius 3 is 2.48 bits per heavy atom. The highest BCUT2D eigenvalue weighted by Gasteiger charge is 2.24. The third kappa shape index (κ3) is 6.09. The molecule has 1 fully saturated rings. The lowest BCUT2D eigenvalue weighted by atomic mass is 10.1. The molecule has 1 unspecified atom stereocenters. The van der Waals surface area contributed by atoms with E-state index in [4.69, 9.17) is 13.9 Å². The number of likely N-dealkylation sites (tertiary alicyclic amines) is 1. The lowest BCUT2D eigenvalue weighted by Crippen LogP contribution is -3.14. The second-order valence-corrected chi connectivity index (χ2v) is 7.64. The highest BCUT2D eigenvalue weighted by molar-refractivity contribution is 5.89. The molecular weight excluding hydrogens is 418 g/mol. The number of carbonyl (C=O) groups excluding carboxylic acids is 1. The summed E-state index contributed by atoms with van der Waals surface area (Å²) in [6.07, 6.45) is 3.19. The van der Waals surface area contributed by atoms with Gasteiger partial charge in [-0.2, -0.15) is 0 Å². The Bertz CT molecular complexity index is 1050. The fraction of sp³-hybridized carbons (Fsp3) is 0.333. The topological polar surface area (TPSA) is 70.2 Å². The number of para-hydroxylation sites is 1. The standard InChI is InChI=1S/C24H25NO5.ClH/c26-23-15-22(20-11-5-6-12-21(20)30-23)28-17-19(16-25-13-7-2-8-14-25)29-24(27)18-9-3-1-4-10-18;/h1,3-6,9-12,15,19H,2,7-8,13-14,16-17H2;1H. The van der Waals surface area contributed by atoms with Gasteiger partial charge in [-0.25, -0.2) is 9.59 Å². The van der Waals surface area contributed by atoms with Crippen molar-refractivity contribution in [1.82, 2.24) is 0 Å². The van der Waals surface area contributed by atoms with Crippen LogP contribution >= 0.6 is 0 Å². The molecular formula is C24H26ClNO5. The lowest BCUT2D eigenvalue weighted by molar-refractivity contribution is -0.907. The average molecular weight is 444 g/mol. The highest BCUT2D eigenvalue weighted by Crippen LogP contribution is 2.23. The summed E-state index contributed by atoms with van der Waals surface area (Å²) in [5, 5.41) is 0.718. The molecule has 6 nitrogen and oxygen atoms in total. The fourth-order valence-electron chi connectivity index (χ4n) is 3.89. The molecule has 1 aromatic heterocycles. The van der Waals surface area contributed by atoms with Crippen LogP contribution in [0.15, 0.2) is 69.9 Å². The highest BCUT2D eigenvalue weighted by atomic mass is 35.5. The number of hydrogen-bond acceptors (Lipinski definition) is 5. The van der Waals surface area contributed by atoms with Crippen molar-refractivity contribution in [3.63, 3.8) is 0 Å². The van der Waals surface area contributed by atoms with E-state index in [0.29, 0.717) is 23.4 Å². The SMILES string of the molecule is O=C(OC(COc1cc(=O)oc2ccccc12)C[NH+]1CCCCC1)c1ccccc1.[Cl-]. The number of esters is 1. The molecule has 1 N–H and O–H groups in total. The number of halogens is 1. The van der Waals surface area contributed by atoms with Crippen molar-refractivity contribution in [3.05, 3.63) is 76.6 Å². The van der Waals surface area contributed by atoms with E-state index in [-0.39, 0.29) is 25.0 Å². The Morgan fingerprint density at radius 1 is 1.00 bits per heavy atom. The first-order valence-electron chi connectivity index (χ1n) is 10.4. The predicted molar refractivity (Wildman–Crippen MR) is 113 cm³/mol. The van der Waals surface area contributed by atoms with Crippen LogP contribution in [0.4, 0.5) is 0 Å². The minimum absolute atomic E-state index is 0. The van der Waals surface area contributed by atoms with Gasteiger partial charge < -0.3 is 31.2 Å². The van der Waals surface area contributed by atoms with Gasteiger partial charge in [0.1, 0.15) is 24.5 Å². The van der Waals surface area contributed by atoms with E-state index in [2.05, 4.69) is 0 Å². The second-order valence-electron chi connectivity index (χ2n) is 7.64. The van der Waals surface area contributed by atoms with Crippen molar-refractivity contribution in [2.75, 3.05) is 26.2 Å². The molecule has 2 aromatic carbocycles. The van der Waals surface area contributed by atoms with Gasteiger partial charge in [-0.05, 0) is 43.5 Å². The Morgan fingerprint density at radius 2 is 1.71 bits per heavy atom. The number of nitrogens with one attached hydrogen (secondary N) is 1. The number of piperidine rings is 1. The molecule has 1 aliphatic heterocycles. The number of ether oxygens (including phenoxy) is 2. The van der Waals surface area contributed by atoms with E-state index in [1.54, 1.807) is 24.3 Å². The molecule has 0 bridgehead atoms. The normalized spacial score (nSPS) is 15.1. The summed E-state index contributed by atoms with van der Waals surface area (Å²) in [7, 11) is 0. The summed E-state index contributed by atoms with van der Waals surface area (Å²) >= 11 is 0. The van der Waals surface area contributed by atoms with E-state index in [0.717, 1.165) is 18.5 Å². The molecule has 1 aliphatic rings. The zero-order valence-corrected chi connectivity index (χ0v) is 18.0. The summed E-state index contributed by atoms with van der Waals surface area (Å²) in [6, 6.07) is 17.5. The van der Waals surface area contributed by atoms with Gasteiger partial charge in [-0.15, -0.1) is 0 Å². The Labute approximate surface area is 187 Å². The number of fused-ring (bicyclic) bond motifs is 1. The first-order valence-corrected chi connectivity index (χ1v) is 10.4. The molecule has 0 spiro atoms. The van der Waals surface area contributed by atoms with Crippen LogP contribution < -0.4 is 27.7 Å². The van der Waals surface area contributed by atoms with Crippen molar-refractivity contribution in [1.29, 1.82) is 0 Å². The maximum Gasteiger partial charge on any atom is 0.339 e. The van der Waals surface area contributed by atoms with Crippen LogP contribution in [0.3, 0.4) is 0 Å². The van der Waals surface area contributed by atoms with Crippen LogP contribution in [0, 0.1) is 0 Å². The smallest absolute Gasteiger partial charge is 0.339 e. The summed E-state index contributed by atoms with van der Waals surface area (Å²) in [5.74, 6) is 0.0781. The lowest BCUT2D eigenvalue weighted by Gasteiger charge is -2.27. The molecule has 1 atom stereocenters. The number of benzene rings is 2. The van der Waals surface area contributed by atoms with Gasteiger partial charge >= 0.3 is 11.6 Å². The maximum atomic E-state index is 12.6. The van der Waals surface area contributed by atoms with Crippen LogP contribution in [-0.4, -0.2) is 38.3 Å². The van der Waals surface area contributed by atoms with Crippen LogP contribution in [0.25, 0.3) is 11.0 Å². The van der Waals surface area contributed by atoms with Crippen molar-refractivity contribution in [3.8, 4) is 5.75 Å². The largest absolute Gasteiger partial charge is 1.00 e. The van der Waals surface area contributed by atoms with Gasteiger partial charge in [-0.1, -0.05) is 30.3 Å². The molecule has 0 radical (unpaired) electrons. The van der Waals surface area contributed by atoms with Gasteiger partial charge in [0.25, 0.3) is 0 Å². The van der Waals surface area contributed by atoms with E-state index >= 15 is 0 Å². The van der Waals surface area contributed by atoms with Gasteiger partial charge in [0, 0.05) is 0 Å². The molecule has 7 heteroatoms. The molecule has 0 amide bonds. The molecule has 0 aliphatic carbocycles. The van der Waals surface area contributed by atoms with Crippen molar-refractivity contribution >= 4 is 16.9 Å². The molecule has 4 rings (SSSR count). The molecule has 164 valence electrons. The van der Waals surface area contributed by atoms with Crippen molar-refractivity contribution in [2.24, 2.45) is 0 Å². The molecule has 2 heterocycles. The Kier molecular flexibility index (Phi) is 8.09. The minimum atomic E-state index is -0.469. The predicted octanol–water partition coefficient (Wildman–Crippen LogP) is -0.530. The Hall–Kier alpha value is -2.83. The van der Waals surface area contributed by atoms with Crippen LogP contribution in [0.1, 0.15) is 29.6 Å². The maximum absolute atomic E-state index is 12.6. The monoisotopic (exact) mass is 443 g/mol. The van der Waals surface area contributed by atoms with Crippen LogP contribution in [0.5, 0.6) is 5.75 Å². The van der Waals surface area contributed by atoms with Gasteiger partial charge in [0.15, 0.2) is 6.10 Å². The van der Waals surface area contributed by atoms with E-state index in [1.165, 1.54) is 30.2 Å². The average Bonchev–Trinajstić information content (AvgIpc) is 2.78. The van der Waals surface area contributed by atoms with Crippen LogP contribution in [-0.2, 0) is 4.74 Å². The van der Waals surface area contributed by atoms with Gasteiger partial charge in [0.05, 0.1) is 30.1 Å². The molecule has 3 aromatic rings. The minimum Gasteiger partial charge on any atom is -1.00 e. The molecule has 0 saturated carbocycles. The molecule has 31 heavy (non-hydrogen) atoms. The first kappa shape index (κ1) is 22.8. The van der Waals surface area contributed by atoms with E-state index in [1.807, 2.05) is 30.3 Å². The number of hydrogen-bond donors (Lipinski definition) is 1. The number of rotatable bonds is 7. The summed E-state index contributed by atoms with van der Waals surface area (Å²) in [5.41, 5.74) is 0.518. The zero-order chi connectivity index (χ0) is 20.8. The summed E-state index contributed by atoms with van der Waals surface area (Å²) in [4.78, 5) is 25.9. The first-order chi connectivity index (χ1) is 14.7. The van der Waals surface area contributed by atoms with Gasteiger partial charge in [-0.3, -0.25) is 0 Å². The number of quaternary nitrogens is 1. The van der Waals surface area contributed by atoms with E-state index in [9.17, 15) is 9.59 Å². The zero-order valence-electron chi connectivity index (χ0n) is 17.2. The second kappa shape index (κ2) is 11.0.